The molecule has 0 aliphatic heterocycles. The van der Waals surface area contributed by atoms with E-state index >= 15 is 0 Å². The highest BCUT2D eigenvalue weighted by Crippen LogP contribution is 2.29. The van der Waals surface area contributed by atoms with Crippen LogP contribution in [0.15, 0.2) is 83.5 Å². The molecule has 0 unspecified atom stereocenters. The number of hydrogen-bond donors (Lipinski definition) is 1. The van der Waals surface area contributed by atoms with Crippen LogP contribution >= 0.6 is 0 Å². The van der Waals surface area contributed by atoms with E-state index in [0.717, 1.165) is 11.5 Å². The van der Waals surface area contributed by atoms with Crippen LogP contribution < -0.4 is 10.1 Å². The van der Waals surface area contributed by atoms with Gasteiger partial charge in [0.1, 0.15) is 18.1 Å². The summed E-state index contributed by atoms with van der Waals surface area (Å²) < 4.78 is 11.7. The summed E-state index contributed by atoms with van der Waals surface area (Å²) in [5, 5.41) is 5.91. The minimum atomic E-state index is 0.566. The van der Waals surface area contributed by atoms with E-state index in [1.165, 1.54) is 27.5 Å². The summed E-state index contributed by atoms with van der Waals surface area (Å²) in [5.41, 5.74) is 3.63. The maximum Gasteiger partial charge on any atom is 0.124 e. The molecule has 0 saturated heterocycles. The lowest BCUT2D eigenvalue weighted by Gasteiger charge is -2.16. The van der Waals surface area contributed by atoms with Crippen molar-refractivity contribution >= 4 is 10.8 Å². The Bertz CT molecular complexity index is 1020. The fourth-order valence-electron chi connectivity index (χ4n) is 3.28. The van der Waals surface area contributed by atoms with Gasteiger partial charge in [-0.25, -0.2) is 0 Å². The Morgan fingerprint density at radius 3 is 2.56 bits per heavy atom. The van der Waals surface area contributed by atoms with Gasteiger partial charge in [0.15, 0.2) is 0 Å². The summed E-state index contributed by atoms with van der Waals surface area (Å²) in [6.07, 6.45) is 1.70. The Kier molecular flexibility index (Phi) is 5.22. The SMILES string of the molecule is Cc1ccccc1COc1ccc2ccccc2c1CNCc1ccco1. The second-order valence-corrected chi connectivity index (χ2v) is 6.66. The average molecular weight is 357 g/mol. The Morgan fingerprint density at radius 2 is 1.70 bits per heavy atom. The third kappa shape index (κ3) is 4.04. The third-order valence-corrected chi connectivity index (χ3v) is 4.82. The molecule has 0 aliphatic carbocycles. The first kappa shape index (κ1) is 17.4. The smallest absolute Gasteiger partial charge is 0.124 e. The minimum absolute atomic E-state index is 0.566. The molecule has 1 aromatic heterocycles. The number of nitrogens with one attached hydrogen (secondary N) is 1. The lowest BCUT2D eigenvalue weighted by Crippen LogP contribution is -2.13. The zero-order valence-electron chi connectivity index (χ0n) is 15.4. The van der Waals surface area contributed by atoms with Crippen LogP contribution in [0.4, 0.5) is 0 Å². The van der Waals surface area contributed by atoms with Crippen LogP contribution in [0, 0.1) is 6.92 Å². The monoisotopic (exact) mass is 357 g/mol. The molecule has 1 heterocycles. The summed E-state index contributed by atoms with van der Waals surface area (Å²) in [6.45, 7) is 4.08. The van der Waals surface area contributed by atoms with E-state index in [1.807, 2.05) is 12.1 Å². The largest absolute Gasteiger partial charge is 0.489 e. The van der Waals surface area contributed by atoms with Crippen molar-refractivity contribution in [3.63, 3.8) is 0 Å². The fourth-order valence-corrected chi connectivity index (χ4v) is 3.28. The number of ether oxygens (including phenoxy) is 1. The van der Waals surface area contributed by atoms with E-state index in [9.17, 15) is 0 Å². The maximum atomic E-state index is 6.24. The first-order valence-corrected chi connectivity index (χ1v) is 9.22. The van der Waals surface area contributed by atoms with Crippen molar-refractivity contribution in [2.24, 2.45) is 0 Å². The Labute approximate surface area is 159 Å². The summed E-state index contributed by atoms with van der Waals surface area (Å²) >= 11 is 0. The topological polar surface area (TPSA) is 34.4 Å². The number of hydrogen-bond acceptors (Lipinski definition) is 3. The van der Waals surface area contributed by atoms with Gasteiger partial charge < -0.3 is 14.5 Å². The van der Waals surface area contributed by atoms with E-state index in [2.05, 4.69) is 72.9 Å². The van der Waals surface area contributed by atoms with Crippen LogP contribution in [0.2, 0.25) is 0 Å². The molecule has 0 bridgehead atoms. The van der Waals surface area contributed by atoms with Crippen LogP contribution in [-0.4, -0.2) is 0 Å². The molecule has 3 heteroatoms. The molecule has 1 N–H and O–H groups in total. The minimum Gasteiger partial charge on any atom is -0.489 e. The van der Waals surface area contributed by atoms with Gasteiger partial charge in [-0.15, -0.1) is 0 Å². The zero-order chi connectivity index (χ0) is 18.5. The normalized spacial score (nSPS) is 11.0. The van der Waals surface area contributed by atoms with E-state index in [4.69, 9.17) is 9.15 Å². The molecule has 3 aromatic carbocycles. The molecule has 0 spiro atoms. The summed E-state index contributed by atoms with van der Waals surface area (Å²) in [7, 11) is 0. The molecule has 0 aliphatic rings. The number of benzene rings is 3. The summed E-state index contributed by atoms with van der Waals surface area (Å²) in [6, 6.07) is 24.9. The zero-order valence-corrected chi connectivity index (χ0v) is 15.4. The molecule has 27 heavy (non-hydrogen) atoms. The van der Waals surface area contributed by atoms with Crippen molar-refractivity contribution in [1.82, 2.24) is 5.32 Å². The lowest BCUT2D eigenvalue weighted by molar-refractivity contribution is 0.302. The molecule has 0 fully saturated rings. The van der Waals surface area contributed by atoms with Crippen molar-refractivity contribution in [2.45, 2.75) is 26.6 Å². The summed E-state index contributed by atoms with van der Waals surface area (Å²) in [4.78, 5) is 0. The van der Waals surface area contributed by atoms with Gasteiger partial charge in [0.05, 0.1) is 12.8 Å². The Balaban J connectivity index is 1.57. The second-order valence-electron chi connectivity index (χ2n) is 6.66. The summed E-state index contributed by atoms with van der Waals surface area (Å²) in [5.74, 6) is 1.85. The highest BCUT2D eigenvalue weighted by Gasteiger charge is 2.10. The highest BCUT2D eigenvalue weighted by molar-refractivity contribution is 5.87. The van der Waals surface area contributed by atoms with Gasteiger partial charge in [0, 0.05) is 12.1 Å². The van der Waals surface area contributed by atoms with Crippen LogP contribution in [0.1, 0.15) is 22.5 Å². The van der Waals surface area contributed by atoms with Gasteiger partial charge in [0.2, 0.25) is 0 Å². The van der Waals surface area contributed by atoms with Gasteiger partial charge in [-0.3, -0.25) is 0 Å². The molecule has 136 valence electrons. The van der Waals surface area contributed by atoms with Crippen molar-refractivity contribution < 1.29 is 9.15 Å². The average Bonchev–Trinajstić information content (AvgIpc) is 3.21. The standard InChI is InChI=1S/C24H23NO2/c1-18-7-2-3-9-20(18)17-27-24-13-12-19-8-4-5-11-22(19)23(24)16-25-15-21-10-6-14-26-21/h2-14,25H,15-17H2,1H3. The Morgan fingerprint density at radius 1 is 0.852 bits per heavy atom. The van der Waals surface area contributed by atoms with Gasteiger partial charge in [-0.1, -0.05) is 54.6 Å². The van der Waals surface area contributed by atoms with E-state index in [0.29, 0.717) is 19.7 Å². The predicted molar refractivity (Wildman–Crippen MR) is 109 cm³/mol. The first-order valence-electron chi connectivity index (χ1n) is 9.22. The number of rotatable bonds is 7. The maximum absolute atomic E-state index is 6.24. The molecule has 4 rings (SSSR count). The highest BCUT2D eigenvalue weighted by atomic mass is 16.5. The van der Waals surface area contributed by atoms with Gasteiger partial charge >= 0.3 is 0 Å². The predicted octanol–water partition coefficient (Wildman–Crippen LogP) is 5.61. The van der Waals surface area contributed by atoms with Gasteiger partial charge in [0.25, 0.3) is 0 Å². The molecule has 0 radical (unpaired) electrons. The molecule has 4 aromatic rings. The van der Waals surface area contributed by atoms with Crippen molar-refractivity contribution in [2.75, 3.05) is 0 Å². The molecule has 0 amide bonds. The number of furan rings is 1. The second kappa shape index (κ2) is 8.11. The van der Waals surface area contributed by atoms with Crippen LogP contribution in [0.25, 0.3) is 10.8 Å². The molecule has 0 saturated carbocycles. The molecular weight excluding hydrogens is 334 g/mol. The van der Waals surface area contributed by atoms with Crippen LogP contribution in [0.3, 0.4) is 0 Å². The number of fused-ring (bicyclic) bond motifs is 1. The van der Waals surface area contributed by atoms with Crippen molar-refractivity contribution in [3.05, 3.63) is 102 Å². The van der Waals surface area contributed by atoms with Crippen molar-refractivity contribution in [3.8, 4) is 5.75 Å². The number of aryl methyl sites for hydroxylation is 1. The van der Waals surface area contributed by atoms with E-state index < -0.39 is 0 Å². The lowest BCUT2D eigenvalue weighted by atomic mass is 10.0. The van der Waals surface area contributed by atoms with Crippen molar-refractivity contribution in [1.29, 1.82) is 0 Å². The Hall–Kier alpha value is -3.04. The molecular formula is C24H23NO2. The van der Waals surface area contributed by atoms with Crippen LogP contribution in [-0.2, 0) is 19.7 Å². The molecule has 0 atom stereocenters. The molecule has 3 nitrogen and oxygen atoms in total. The first-order chi connectivity index (χ1) is 13.3. The fraction of sp³-hybridized carbons (Fsp3) is 0.167. The van der Waals surface area contributed by atoms with Crippen LogP contribution in [0.5, 0.6) is 5.75 Å². The van der Waals surface area contributed by atoms with E-state index in [-0.39, 0.29) is 0 Å². The van der Waals surface area contributed by atoms with E-state index in [1.54, 1.807) is 6.26 Å². The van der Waals surface area contributed by atoms with Gasteiger partial charge in [-0.05, 0) is 47.0 Å². The van der Waals surface area contributed by atoms with Gasteiger partial charge in [-0.2, -0.15) is 0 Å². The quantitative estimate of drug-likeness (QED) is 0.467. The third-order valence-electron chi connectivity index (χ3n) is 4.82.